The monoisotopic (exact) mass is 203 g/mol. The lowest BCUT2D eigenvalue weighted by atomic mass is 9.99. The van der Waals surface area contributed by atoms with Crippen LogP contribution in [0.2, 0.25) is 0 Å². The Hall–Kier alpha value is -1.77. The van der Waals surface area contributed by atoms with Gasteiger partial charge in [-0.2, -0.15) is 0 Å². The van der Waals surface area contributed by atoms with Crippen molar-refractivity contribution in [3.05, 3.63) is 35.9 Å². The zero-order chi connectivity index (χ0) is 11.3. The first-order chi connectivity index (χ1) is 7.16. The molecule has 0 bridgehead atoms. The van der Waals surface area contributed by atoms with Gasteiger partial charge in [0.25, 0.3) is 0 Å². The molecule has 0 unspecified atom stereocenters. The minimum Gasteiger partial charge on any atom is -0.287 e. The average Bonchev–Trinajstić information content (AvgIpc) is 2.26. The van der Waals surface area contributed by atoms with Gasteiger partial charge in [-0.15, -0.1) is 0 Å². The van der Waals surface area contributed by atoms with E-state index in [2.05, 4.69) is 4.99 Å². The van der Waals surface area contributed by atoms with Gasteiger partial charge in [0, 0.05) is 5.56 Å². The number of benzene rings is 1. The SMILES string of the molecule is CC(C)C(=NC=O)C(=O)c1ccccc1. The number of carbonyl (C=O) groups excluding carboxylic acids is 2. The van der Waals surface area contributed by atoms with Crippen LogP contribution in [0.1, 0.15) is 24.2 Å². The number of carbonyl (C=O) groups is 2. The lowest BCUT2D eigenvalue weighted by molar-refractivity contribution is -0.106. The molecule has 3 heteroatoms. The van der Waals surface area contributed by atoms with Gasteiger partial charge in [-0.25, -0.2) is 4.99 Å². The molecule has 0 saturated carbocycles. The van der Waals surface area contributed by atoms with Crippen LogP contribution < -0.4 is 0 Å². The number of hydrogen-bond acceptors (Lipinski definition) is 2. The number of amides is 1. The van der Waals surface area contributed by atoms with Crippen LogP contribution in [0.15, 0.2) is 35.3 Å². The third kappa shape index (κ3) is 2.84. The highest BCUT2D eigenvalue weighted by molar-refractivity contribution is 6.47. The average molecular weight is 203 g/mol. The molecule has 3 nitrogen and oxygen atoms in total. The van der Waals surface area contributed by atoms with Gasteiger partial charge in [0.05, 0.1) is 5.71 Å². The first-order valence-electron chi connectivity index (χ1n) is 4.78. The molecule has 0 aliphatic heterocycles. The Labute approximate surface area is 88.8 Å². The summed E-state index contributed by atoms with van der Waals surface area (Å²) in [6.45, 7) is 3.67. The van der Waals surface area contributed by atoms with Crippen LogP contribution in [0.25, 0.3) is 0 Å². The van der Waals surface area contributed by atoms with Crippen LogP contribution in [-0.4, -0.2) is 17.9 Å². The molecule has 78 valence electrons. The number of ketones is 1. The van der Waals surface area contributed by atoms with Crippen molar-refractivity contribution in [2.45, 2.75) is 13.8 Å². The minimum atomic E-state index is -0.183. The first kappa shape index (κ1) is 11.3. The van der Waals surface area contributed by atoms with Crippen molar-refractivity contribution in [3.8, 4) is 0 Å². The number of Topliss-reactive ketones (excluding diaryl/α,β-unsaturated/α-hetero) is 1. The van der Waals surface area contributed by atoms with Crippen LogP contribution in [-0.2, 0) is 4.79 Å². The van der Waals surface area contributed by atoms with Gasteiger partial charge in [-0.1, -0.05) is 44.2 Å². The van der Waals surface area contributed by atoms with Crippen molar-refractivity contribution in [3.63, 3.8) is 0 Å². The van der Waals surface area contributed by atoms with E-state index in [1.54, 1.807) is 24.3 Å². The highest BCUT2D eigenvalue weighted by Gasteiger charge is 2.16. The molecule has 0 fully saturated rings. The van der Waals surface area contributed by atoms with Crippen molar-refractivity contribution in [2.75, 3.05) is 0 Å². The first-order valence-corrected chi connectivity index (χ1v) is 4.78. The Morgan fingerprint density at radius 3 is 2.33 bits per heavy atom. The lowest BCUT2D eigenvalue weighted by Crippen LogP contribution is -2.20. The molecule has 0 aliphatic carbocycles. The molecule has 1 rings (SSSR count). The maximum absolute atomic E-state index is 11.9. The molecule has 1 amide bonds. The van der Waals surface area contributed by atoms with Crippen molar-refractivity contribution in [2.24, 2.45) is 10.9 Å². The van der Waals surface area contributed by atoms with E-state index in [9.17, 15) is 9.59 Å². The molecule has 0 aromatic heterocycles. The van der Waals surface area contributed by atoms with Gasteiger partial charge in [0.1, 0.15) is 0 Å². The molecule has 0 N–H and O–H groups in total. The second-order valence-electron chi connectivity index (χ2n) is 3.47. The fourth-order valence-electron chi connectivity index (χ4n) is 1.26. The molecule has 15 heavy (non-hydrogen) atoms. The minimum absolute atomic E-state index is 0.0529. The van der Waals surface area contributed by atoms with Crippen molar-refractivity contribution in [1.29, 1.82) is 0 Å². The second-order valence-corrected chi connectivity index (χ2v) is 3.47. The maximum Gasteiger partial charge on any atom is 0.233 e. The topological polar surface area (TPSA) is 46.5 Å². The van der Waals surface area contributed by atoms with Crippen LogP contribution in [0, 0.1) is 5.92 Å². The largest absolute Gasteiger partial charge is 0.287 e. The van der Waals surface area contributed by atoms with Gasteiger partial charge in [-0.05, 0) is 5.92 Å². The van der Waals surface area contributed by atoms with Crippen molar-refractivity contribution in [1.82, 2.24) is 0 Å². The molecule has 0 aliphatic rings. The smallest absolute Gasteiger partial charge is 0.233 e. The Kier molecular flexibility index (Phi) is 3.92. The highest BCUT2D eigenvalue weighted by Crippen LogP contribution is 2.07. The summed E-state index contributed by atoms with van der Waals surface area (Å²) in [6.07, 6.45) is 0.413. The summed E-state index contributed by atoms with van der Waals surface area (Å²) in [6, 6.07) is 8.83. The number of aliphatic imine (C=N–C) groups is 1. The van der Waals surface area contributed by atoms with E-state index in [1.165, 1.54) is 0 Å². The quantitative estimate of drug-likeness (QED) is 0.427. The van der Waals surface area contributed by atoms with Gasteiger partial charge in [0.2, 0.25) is 12.2 Å². The maximum atomic E-state index is 11.9. The predicted octanol–water partition coefficient (Wildman–Crippen LogP) is 2.12. The van der Waals surface area contributed by atoms with Gasteiger partial charge >= 0.3 is 0 Å². The Bertz CT molecular complexity index is 380. The van der Waals surface area contributed by atoms with E-state index >= 15 is 0 Å². The lowest BCUT2D eigenvalue weighted by Gasteiger charge is -2.06. The predicted molar refractivity (Wildman–Crippen MR) is 59.1 cm³/mol. The Morgan fingerprint density at radius 2 is 1.87 bits per heavy atom. The fraction of sp³-hybridized carbons (Fsp3) is 0.250. The van der Waals surface area contributed by atoms with E-state index in [-0.39, 0.29) is 11.7 Å². The van der Waals surface area contributed by atoms with E-state index in [0.717, 1.165) is 0 Å². The molecule has 0 heterocycles. The molecule has 0 saturated heterocycles. The molecule has 0 atom stereocenters. The molecule has 0 spiro atoms. The van der Waals surface area contributed by atoms with Crippen molar-refractivity contribution < 1.29 is 9.59 Å². The van der Waals surface area contributed by atoms with Crippen LogP contribution in [0.4, 0.5) is 0 Å². The van der Waals surface area contributed by atoms with Crippen LogP contribution in [0.3, 0.4) is 0 Å². The second kappa shape index (κ2) is 5.20. The third-order valence-electron chi connectivity index (χ3n) is 2.01. The van der Waals surface area contributed by atoms with Gasteiger partial charge < -0.3 is 0 Å². The van der Waals surface area contributed by atoms with Crippen molar-refractivity contribution >= 4 is 17.9 Å². The van der Waals surface area contributed by atoms with Crippen LogP contribution >= 0.6 is 0 Å². The normalized spacial score (nSPS) is 11.5. The standard InChI is InChI=1S/C12H13NO2/c1-9(2)11(13-8-14)12(15)10-6-4-3-5-7-10/h3-9H,1-2H3. The summed E-state index contributed by atoms with van der Waals surface area (Å²) in [5.74, 6) is -0.236. The Morgan fingerprint density at radius 1 is 1.27 bits per heavy atom. The molecule has 1 aromatic rings. The summed E-state index contributed by atoms with van der Waals surface area (Å²) >= 11 is 0. The summed E-state index contributed by atoms with van der Waals surface area (Å²) in [7, 11) is 0. The summed E-state index contributed by atoms with van der Waals surface area (Å²) < 4.78 is 0. The zero-order valence-corrected chi connectivity index (χ0v) is 8.81. The summed E-state index contributed by atoms with van der Waals surface area (Å²) in [4.78, 5) is 25.8. The highest BCUT2D eigenvalue weighted by atomic mass is 16.1. The van der Waals surface area contributed by atoms with E-state index in [4.69, 9.17) is 0 Å². The molecular formula is C12H13NO2. The zero-order valence-electron chi connectivity index (χ0n) is 8.81. The molecule has 1 aromatic carbocycles. The van der Waals surface area contributed by atoms with Gasteiger partial charge in [-0.3, -0.25) is 9.59 Å². The fourth-order valence-corrected chi connectivity index (χ4v) is 1.26. The van der Waals surface area contributed by atoms with Gasteiger partial charge in [0.15, 0.2) is 0 Å². The van der Waals surface area contributed by atoms with E-state index in [1.807, 2.05) is 19.9 Å². The third-order valence-corrected chi connectivity index (χ3v) is 2.01. The molecular weight excluding hydrogens is 190 g/mol. The Balaban J connectivity index is 3.02. The summed E-state index contributed by atoms with van der Waals surface area (Å²) in [5.41, 5.74) is 0.864. The van der Waals surface area contributed by atoms with E-state index in [0.29, 0.717) is 17.7 Å². The number of hydrogen-bond donors (Lipinski definition) is 0. The summed E-state index contributed by atoms with van der Waals surface area (Å²) in [5, 5.41) is 0. The van der Waals surface area contributed by atoms with E-state index < -0.39 is 0 Å². The van der Waals surface area contributed by atoms with Crippen LogP contribution in [0.5, 0.6) is 0 Å². The number of rotatable bonds is 4. The number of nitrogens with zero attached hydrogens (tertiary/aromatic N) is 1. The molecule has 0 radical (unpaired) electrons.